The molecule has 0 spiro atoms. The summed E-state index contributed by atoms with van der Waals surface area (Å²) in [6, 6.07) is 13.8. The number of hydrogen-bond acceptors (Lipinski definition) is 5. The number of nitriles is 1. The number of piperidine rings is 1. The van der Waals surface area contributed by atoms with E-state index in [9.17, 15) is 18.8 Å². The molecule has 0 aromatic heterocycles. The van der Waals surface area contributed by atoms with E-state index < -0.39 is 29.7 Å². The van der Waals surface area contributed by atoms with Crippen molar-refractivity contribution in [2.24, 2.45) is 5.92 Å². The van der Waals surface area contributed by atoms with Gasteiger partial charge in [0.1, 0.15) is 11.9 Å². The van der Waals surface area contributed by atoms with Gasteiger partial charge < -0.3 is 15.0 Å². The number of ether oxygens (including phenoxy) is 1. The van der Waals surface area contributed by atoms with E-state index in [-0.39, 0.29) is 12.5 Å². The van der Waals surface area contributed by atoms with Gasteiger partial charge in [-0.1, -0.05) is 12.1 Å². The number of amides is 2. The highest BCUT2D eigenvalue weighted by atomic mass is 19.1. The Morgan fingerprint density at radius 2 is 1.90 bits per heavy atom. The van der Waals surface area contributed by atoms with Gasteiger partial charge in [0, 0.05) is 18.7 Å². The maximum Gasteiger partial charge on any atom is 0.311 e. The Bertz CT molecular complexity index is 1020. The minimum atomic E-state index is -1.07. The standard InChI is InChI=1S/C23H22FN3O4/c1-15(21(28)26-20-7-3-2-5-17(20)13-25)31-23(30)18-6-4-12-27(14-18)22(29)16-8-10-19(24)11-9-16/h2-3,5,7-11,15,18H,4,6,12,14H2,1H3,(H,26,28). The largest absolute Gasteiger partial charge is 0.452 e. The van der Waals surface area contributed by atoms with Crippen LogP contribution in [0.4, 0.5) is 10.1 Å². The molecule has 1 N–H and O–H groups in total. The Morgan fingerprint density at radius 3 is 2.61 bits per heavy atom. The van der Waals surface area contributed by atoms with Crippen LogP contribution in [0.3, 0.4) is 0 Å². The van der Waals surface area contributed by atoms with Crippen molar-refractivity contribution in [2.45, 2.75) is 25.9 Å². The fourth-order valence-corrected chi connectivity index (χ4v) is 3.38. The van der Waals surface area contributed by atoms with Crippen molar-refractivity contribution in [1.29, 1.82) is 5.26 Å². The second-order valence-electron chi connectivity index (χ2n) is 7.32. The van der Waals surface area contributed by atoms with E-state index in [1.54, 1.807) is 24.3 Å². The van der Waals surface area contributed by atoms with Crippen LogP contribution in [0.2, 0.25) is 0 Å². The fourth-order valence-electron chi connectivity index (χ4n) is 3.38. The molecule has 2 aromatic rings. The van der Waals surface area contributed by atoms with Crippen LogP contribution in [-0.4, -0.2) is 41.9 Å². The summed E-state index contributed by atoms with van der Waals surface area (Å²) in [5, 5.41) is 11.7. The number of hydrogen-bond donors (Lipinski definition) is 1. The summed E-state index contributed by atoms with van der Waals surface area (Å²) in [5.41, 5.74) is 0.988. The van der Waals surface area contributed by atoms with Crippen molar-refractivity contribution < 1.29 is 23.5 Å². The lowest BCUT2D eigenvalue weighted by molar-refractivity contribution is -0.158. The van der Waals surface area contributed by atoms with Gasteiger partial charge in [-0.05, 0) is 56.2 Å². The van der Waals surface area contributed by atoms with E-state index in [1.807, 2.05) is 6.07 Å². The zero-order chi connectivity index (χ0) is 22.4. The zero-order valence-electron chi connectivity index (χ0n) is 17.0. The molecule has 31 heavy (non-hydrogen) atoms. The summed E-state index contributed by atoms with van der Waals surface area (Å²) in [6.45, 7) is 2.11. The average Bonchev–Trinajstić information content (AvgIpc) is 2.79. The molecule has 0 bridgehead atoms. The maximum absolute atomic E-state index is 13.1. The molecule has 2 aromatic carbocycles. The monoisotopic (exact) mass is 423 g/mol. The van der Waals surface area contributed by atoms with Crippen molar-refractivity contribution in [2.75, 3.05) is 18.4 Å². The van der Waals surface area contributed by atoms with Crippen LogP contribution in [0.15, 0.2) is 48.5 Å². The first-order valence-electron chi connectivity index (χ1n) is 9.94. The number of para-hydroxylation sites is 1. The molecule has 0 aliphatic carbocycles. The summed E-state index contributed by atoms with van der Waals surface area (Å²) in [4.78, 5) is 39.2. The van der Waals surface area contributed by atoms with Gasteiger partial charge in [0.25, 0.3) is 11.8 Å². The first-order chi connectivity index (χ1) is 14.9. The Hall–Kier alpha value is -3.73. The lowest BCUT2D eigenvalue weighted by atomic mass is 9.97. The third-order valence-corrected chi connectivity index (χ3v) is 5.10. The van der Waals surface area contributed by atoms with Gasteiger partial charge in [-0.15, -0.1) is 0 Å². The first-order valence-corrected chi connectivity index (χ1v) is 9.94. The number of rotatable bonds is 5. The minimum absolute atomic E-state index is 0.167. The minimum Gasteiger partial charge on any atom is -0.452 e. The van der Waals surface area contributed by atoms with Crippen LogP contribution < -0.4 is 5.32 Å². The van der Waals surface area contributed by atoms with Crippen LogP contribution in [0, 0.1) is 23.1 Å². The lowest BCUT2D eigenvalue weighted by Gasteiger charge is -2.32. The molecular weight excluding hydrogens is 401 g/mol. The smallest absolute Gasteiger partial charge is 0.311 e. The van der Waals surface area contributed by atoms with E-state index in [4.69, 9.17) is 10.00 Å². The van der Waals surface area contributed by atoms with Gasteiger partial charge in [0.2, 0.25) is 0 Å². The number of likely N-dealkylation sites (tertiary alicyclic amines) is 1. The van der Waals surface area contributed by atoms with Crippen LogP contribution in [0.25, 0.3) is 0 Å². The number of benzene rings is 2. The van der Waals surface area contributed by atoms with Crippen molar-refractivity contribution >= 4 is 23.5 Å². The summed E-state index contributed by atoms with van der Waals surface area (Å²) < 4.78 is 18.4. The quantitative estimate of drug-likeness (QED) is 0.745. The van der Waals surface area contributed by atoms with Crippen LogP contribution in [-0.2, 0) is 14.3 Å². The number of anilines is 1. The number of carbonyl (C=O) groups is 3. The summed E-state index contributed by atoms with van der Waals surface area (Å²) >= 11 is 0. The number of carbonyl (C=O) groups excluding carboxylic acids is 3. The predicted octanol–water partition coefficient (Wildman–Crippen LogP) is 3.12. The van der Waals surface area contributed by atoms with Gasteiger partial charge in [-0.3, -0.25) is 14.4 Å². The molecule has 1 aliphatic rings. The SMILES string of the molecule is CC(OC(=O)C1CCCN(C(=O)c2ccc(F)cc2)C1)C(=O)Nc1ccccc1C#N. The molecule has 160 valence electrons. The molecule has 1 saturated heterocycles. The molecule has 0 saturated carbocycles. The number of nitrogens with zero attached hydrogens (tertiary/aromatic N) is 2. The molecule has 7 nitrogen and oxygen atoms in total. The molecule has 8 heteroatoms. The highest BCUT2D eigenvalue weighted by Crippen LogP contribution is 2.21. The zero-order valence-corrected chi connectivity index (χ0v) is 17.0. The molecule has 2 amide bonds. The number of halogens is 1. The number of nitrogens with one attached hydrogen (secondary N) is 1. The summed E-state index contributed by atoms with van der Waals surface area (Å²) in [6.07, 6.45) is 0.0860. The maximum atomic E-state index is 13.1. The first kappa shape index (κ1) is 22.0. The Kier molecular flexibility index (Phi) is 6.98. The van der Waals surface area contributed by atoms with Crippen molar-refractivity contribution in [1.82, 2.24) is 4.90 Å². The van der Waals surface area contributed by atoms with E-state index in [1.165, 1.54) is 36.1 Å². The van der Waals surface area contributed by atoms with E-state index in [0.29, 0.717) is 36.2 Å². The average molecular weight is 423 g/mol. The Balaban J connectivity index is 1.58. The van der Waals surface area contributed by atoms with E-state index >= 15 is 0 Å². The molecule has 0 radical (unpaired) electrons. The molecular formula is C23H22FN3O4. The summed E-state index contributed by atoms with van der Waals surface area (Å²) in [5.74, 6) is -2.38. The molecule has 3 rings (SSSR count). The van der Waals surface area contributed by atoms with Crippen LogP contribution in [0.5, 0.6) is 0 Å². The summed E-state index contributed by atoms with van der Waals surface area (Å²) in [7, 11) is 0. The van der Waals surface area contributed by atoms with E-state index in [0.717, 1.165) is 0 Å². The van der Waals surface area contributed by atoms with Crippen molar-refractivity contribution in [3.05, 3.63) is 65.5 Å². The van der Waals surface area contributed by atoms with Gasteiger partial charge in [0.05, 0.1) is 17.2 Å². The third kappa shape index (κ3) is 5.45. The molecule has 1 aliphatic heterocycles. The third-order valence-electron chi connectivity index (χ3n) is 5.10. The van der Waals surface area contributed by atoms with Gasteiger partial charge >= 0.3 is 5.97 Å². The Morgan fingerprint density at radius 1 is 1.19 bits per heavy atom. The fraction of sp³-hybridized carbons (Fsp3) is 0.304. The highest BCUT2D eigenvalue weighted by molar-refractivity contribution is 5.96. The predicted molar refractivity (Wildman–Crippen MR) is 110 cm³/mol. The highest BCUT2D eigenvalue weighted by Gasteiger charge is 2.32. The normalized spacial score (nSPS) is 16.7. The van der Waals surface area contributed by atoms with Crippen molar-refractivity contribution in [3.8, 4) is 6.07 Å². The Labute approximate surface area is 179 Å². The second-order valence-corrected chi connectivity index (χ2v) is 7.32. The number of esters is 1. The van der Waals surface area contributed by atoms with Crippen LogP contribution in [0.1, 0.15) is 35.7 Å². The molecule has 2 atom stereocenters. The van der Waals surface area contributed by atoms with Gasteiger partial charge in [-0.25, -0.2) is 4.39 Å². The lowest BCUT2D eigenvalue weighted by Crippen LogP contribution is -2.44. The van der Waals surface area contributed by atoms with Crippen molar-refractivity contribution in [3.63, 3.8) is 0 Å². The van der Waals surface area contributed by atoms with Gasteiger partial charge in [0.15, 0.2) is 6.10 Å². The van der Waals surface area contributed by atoms with E-state index in [2.05, 4.69) is 5.32 Å². The molecule has 2 unspecified atom stereocenters. The van der Waals surface area contributed by atoms with Gasteiger partial charge in [-0.2, -0.15) is 5.26 Å². The molecule has 1 heterocycles. The van der Waals surface area contributed by atoms with Crippen LogP contribution >= 0.6 is 0 Å². The topological polar surface area (TPSA) is 99.5 Å². The molecule has 1 fully saturated rings. The second kappa shape index (κ2) is 9.85.